The second-order valence-electron chi connectivity index (χ2n) is 7.15. The fourth-order valence-corrected chi connectivity index (χ4v) is 5.41. The van der Waals surface area contributed by atoms with Gasteiger partial charge < -0.3 is 4.74 Å². The van der Waals surface area contributed by atoms with Gasteiger partial charge in [-0.2, -0.15) is 5.10 Å². The second-order valence-corrected chi connectivity index (χ2v) is 8.37. The number of hydrogen-bond donors (Lipinski definition) is 0. The molecule has 11 heteroatoms. The van der Waals surface area contributed by atoms with Crippen molar-refractivity contribution in [3.8, 4) is 5.75 Å². The average Bonchev–Trinajstić information content (AvgIpc) is 3.11. The number of ether oxygens (including phenoxy) is 1. The highest BCUT2D eigenvalue weighted by Gasteiger charge is 2.57. The van der Waals surface area contributed by atoms with Gasteiger partial charge in [0.2, 0.25) is 12.5 Å². The van der Waals surface area contributed by atoms with Crippen LogP contribution in [-0.4, -0.2) is 34.0 Å². The van der Waals surface area contributed by atoms with Crippen LogP contribution in [0.3, 0.4) is 0 Å². The van der Waals surface area contributed by atoms with Crippen molar-refractivity contribution in [1.82, 2.24) is 5.01 Å². The molecule has 7 nitrogen and oxygen atoms in total. The monoisotopic (exact) mass is 451 g/mol. The molecule has 0 saturated carbocycles. The summed E-state index contributed by atoms with van der Waals surface area (Å²) in [6, 6.07) is 6.62. The van der Waals surface area contributed by atoms with E-state index in [-0.39, 0.29) is 34.9 Å². The molecule has 0 fully saturated rings. The van der Waals surface area contributed by atoms with Crippen molar-refractivity contribution in [2.45, 2.75) is 18.2 Å². The number of carbonyl (C=O) groups is 1. The van der Waals surface area contributed by atoms with Gasteiger partial charge in [-0.05, 0) is 36.4 Å². The highest BCUT2D eigenvalue weighted by atomic mass is 32.2. The number of nitrogens with zero attached hydrogens (tertiary/aromatic N) is 3. The second kappa shape index (κ2) is 7.88. The summed E-state index contributed by atoms with van der Waals surface area (Å²) >= 11 is 0.937. The molecule has 0 radical (unpaired) electrons. The first kappa shape index (κ1) is 21.2. The maximum Gasteiger partial charge on any atom is 0.241 e. The number of fused-ring (bicyclic) bond motifs is 2. The predicted molar refractivity (Wildman–Crippen MR) is 107 cm³/mol. The van der Waals surface area contributed by atoms with Crippen molar-refractivity contribution in [2.24, 2.45) is 11.0 Å². The molecule has 162 valence electrons. The van der Waals surface area contributed by atoms with E-state index in [1.165, 1.54) is 25.1 Å². The van der Waals surface area contributed by atoms with Gasteiger partial charge in [-0.3, -0.25) is 14.9 Å². The van der Waals surface area contributed by atoms with Crippen molar-refractivity contribution < 1.29 is 27.6 Å². The zero-order valence-corrected chi connectivity index (χ0v) is 17.0. The van der Waals surface area contributed by atoms with E-state index in [2.05, 4.69) is 5.10 Å². The fourth-order valence-electron chi connectivity index (χ4n) is 3.85. The first-order valence-corrected chi connectivity index (χ1v) is 10.1. The minimum Gasteiger partial charge on any atom is -0.493 e. The zero-order valence-electron chi connectivity index (χ0n) is 16.2. The summed E-state index contributed by atoms with van der Waals surface area (Å²) in [6.07, 6.45) is -0.00579. The van der Waals surface area contributed by atoms with Gasteiger partial charge >= 0.3 is 0 Å². The van der Waals surface area contributed by atoms with E-state index in [9.17, 15) is 28.1 Å². The summed E-state index contributed by atoms with van der Waals surface area (Å²) < 4.78 is 48.2. The standard InChI is InChI=1S/C20H16F3N3O4S/c1-11(27)26-20(31-19(24-26)15-8-13(21)2-4-17(15)23)12(6-7-25(28)29)10-30-18-5-3-14(22)9-16(18)20/h2-5,8-9,12H,6-7,10H2,1H3/t12-,20+/m1/s1. The summed E-state index contributed by atoms with van der Waals surface area (Å²) in [7, 11) is 0. The zero-order chi connectivity index (χ0) is 22.3. The lowest BCUT2D eigenvalue weighted by Gasteiger charge is -2.44. The maximum atomic E-state index is 14.5. The lowest BCUT2D eigenvalue weighted by Crippen LogP contribution is -2.51. The van der Waals surface area contributed by atoms with Gasteiger partial charge in [-0.15, -0.1) is 0 Å². The van der Waals surface area contributed by atoms with Crippen molar-refractivity contribution in [2.75, 3.05) is 13.2 Å². The topological polar surface area (TPSA) is 85.0 Å². The smallest absolute Gasteiger partial charge is 0.241 e. The minimum absolute atomic E-state index is 0.00230. The van der Waals surface area contributed by atoms with Crippen molar-refractivity contribution in [3.63, 3.8) is 0 Å². The molecule has 0 bridgehead atoms. The number of hydrazone groups is 1. The third kappa shape index (κ3) is 3.62. The van der Waals surface area contributed by atoms with Crippen molar-refractivity contribution in [1.29, 1.82) is 0 Å². The Morgan fingerprint density at radius 2 is 2.00 bits per heavy atom. The van der Waals surface area contributed by atoms with Crippen LogP contribution in [0.1, 0.15) is 24.5 Å². The number of nitro groups is 1. The summed E-state index contributed by atoms with van der Waals surface area (Å²) in [5.41, 5.74) is 0.0912. The van der Waals surface area contributed by atoms with Gasteiger partial charge in [0.05, 0.1) is 6.61 Å². The van der Waals surface area contributed by atoms with Crippen molar-refractivity contribution >= 4 is 22.7 Å². The molecule has 2 aliphatic heterocycles. The molecule has 0 aliphatic carbocycles. The molecule has 31 heavy (non-hydrogen) atoms. The van der Waals surface area contributed by atoms with Gasteiger partial charge in [0.1, 0.15) is 28.2 Å². The average molecular weight is 451 g/mol. The fraction of sp³-hybridized carbons (Fsp3) is 0.300. The molecule has 0 aromatic heterocycles. The van der Waals surface area contributed by atoms with Crippen LogP contribution in [0.15, 0.2) is 41.5 Å². The first-order valence-electron chi connectivity index (χ1n) is 9.31. The molecule has 2 aromatic rings. The molecular formula is C20H16F3N3O4S. The molecule has 2 atom stereocenters. The number of halogens is 3. The highest BCUT2D eigenvalue weighted by Crippen LogP contribution is 2.57. The molecule has 0 unspecified atom stereocenters. The normalized spacial score (nSPS) is 22.1. The van der Waals surface area contributed by atoms with E-state index in [1.54, 1.807) is 0 Å². The van der Waals surface area contributed by atoms with Crippen LogP contribution in [0, 0.1) is 33.5 Å². The van der Waals surface area contributed by atoms with E-state index in [0.29, 0.717) is 0 Å². The Kier molecular flexibility index (Phi) is 5.38. The Morgan fingerprint density at radius 3 is 2.71 bits per heavy atom. The van der Waals surface area contributed by atoms with Crippen LogP contribution < -0.4 is 4.74 Å². The Morgan fingerprint density at radius 1 is 1.29 bits per heavy atom. The Bertz CT molecular complexity index is 1110. The Balaban J connectivity index is 1.89. The largest absolute Gasteiger partial charge is 0.493 e. The molecule has 1 amide bonds. The molecular weight excluding hydrogens is 435 g/mol. The van der Waals surface area contributed by atoms with Crippen LogP contribution in [0.2, 0.25) is 0 Å². The van der Waals surface area contributed by atoms with E-state index in [4.69, 9.17) is 4.74 Å². The van der Waals surface area contributed by atoms with E-state index >= 15 is 0 Å². The van der Waals surface area contributed by atoms with Crippen LogP contribution in [0.25, 0.3) is 0 Å². The number of amides is 1. The van der Waals surface area contributed by atoms with Crippen molar-refractivity contribution in [3.05, 3.63) is 75.1 Å². The summed E-state index contributed by atoms with van der Waals surface area (Å²) in [5, 5.41) is 16.4. The number of hydrogen-bond acceptors (Lipinski definition) is 6. The predicted octanol–water partition coefficient (Wildman–Crippen LogP) is 3.89. The van der Waals surface area contributed by atoms with Crippen LogP contribution >= 0.6 is 11.8 Å². The number of carbonyl (C=O) groups excluding carboxylic acids is 1. The van der Waals surface area contributed by atoms with E-state index in [0.717, 1.165) is 35.0 Å². The summed E-state index contributed by atoms with van der Waals surface area (Å²) in [5.74, 6) is -2.97. The first-order chi connectivity index (χ1) is 14.7. The van der Waals surface area contributed by atoms with Gasteiger partial charge in [0.15, 0.2) is 4.87 Å². The molecule has 0 saturated heterocycles. The molecule has 1 spiro atoms. The number of thioether (sulfide) groups is 1. The third-order valence-electron chi connectivity index (χ3n) is 5.20. The lowest BCUT2D eigenvalue weighted by molar-refractivity contribution is -0.482. The number of benzene rings is 2. The van der Waals surface area contributed by atoms with Gasteiger partial charge in [-0.25, -0.2) is 18.2 Å². The van der Waals surface area contributed by atoms with Crippen LogP contribution in [0.5, 0.6) is 5.75 Å². The molecule has 2 aliphatic rings. The highest BCUT2D eigenvalue weighted by molar-refractivity contribution is 8.15. The minimum atomic E-state index is -1.41. The quantitative estimate of drug-likeness (QED) is 0.520. The Labute approximate surface area is 179 Å². The van der Waals surface area contributed by atoms with Gasteiger partial charge in [-0.1, -0.05) is 11.8 Å². The third-order valence-corrected chi connectivity index (χ3v) is 6.73. The lowest BCUT2D eigenvalue weighted by atomic mass is 9.86. The Hall–Kier alpha value is -3.08. The molecule has 2 aromatic carbocycles. The molecule has 2 heterocycles. The van der Waals surface area contributed by atoms with E-state index < -0.39 is 45.6 Å². The van der Waals surface area contributed by atoms with Gasteiger partial charge in [0, 0.05) is 35.3 Å². The van der Waals surface area contributed by atoms with E-state index in [1.807, 2.05) is 0 Å². The van der Waals surface area contributed by atoms with Gasteiger partial charge in [0.25, 0.3) is 0 Å². The summed E-state index contributed by atoms with van der Waals surface area (Å²) in [4.78, 5) is 21.7. The van der Waals surface area contributed by atoms with Crippen LogP contribution in [-0.2, 0) is 9.67 Å². The SMILES string of the molecule is CC(=O)N1N=C(c2cc(F)ccc2F)S[C@@]12c1cc(F)ccc1OC[C@H]2CC[N+](=O)[O-]. The van der Waals surface area contributed by atoms with Crippen LogP contribution in [0.4, 0.5) is 13.2 Å². The summed E-state index contributed by atoms with van der Waals surface area (Å²) in [6.45, 7) is 0.809. The number of rotatable bonds is 4. The molecule has 0 N–H and O–H groups in total. The molecule has 4 rings (SSSR count). The maximum absolute atomic E-state index is 14.5.